The first-order valence-electron chi connectivity index (χ1n) is 10.6. The molecule has 0 aliphatic rings. The SMILES string of the molecule is CCN(CC)S(=O)(=O)c1ccc(CNC(=O)c2nn(C(C)C)c(=O)c3ccccc23)cc1. The number of rotatable bonds is 8. The van der Waals surface area contributed by atoms with Crippen molar-refractivity contribution in [1.82, 2.24) is 19.4 Å². The summed E-state index contributed by atoms with van der Waals surface area (Å²) in [6, 6.07) is 13.1. The number of hydrogen-bond acceptors (Lipinski definition) is 5. The minimum atomic E-state index is -3.53. The van der Waals surface area contributed by atoms with Gasteiger partial charge in [0.25, 0.3) is 11.5 Å². The molecule has 3 rings (SSSR count). The average Bonchev–Trinajstić information content (AvgIpc) is 2.78. The van der Waals surface area contributed by atoms with Crippen LogP contribution in [-0.4, -0.2) is 41.5 Å². The van der Waals surface area contributed by atoms with Crippen molar-refractivity contribution in [3.63, 3.8) is 0 Å². The fourth-order valence-corrected chi connectivity index (χ4v) is 4.94. The number of benzene rings is 2. The summed E-state index contributed by atoms with van der Waals surface area (Å²) in [5, 5.41) is 8.05. The molecule has 0 saturated heterocycles. The Kier molecular flexibility index (Phi) is 7.10. The molecule has 9 heteroatoms. The lowest BCUT2D eigenvalue weighted by Gasteiger charge is -2.18. The molecule has 0 atom stereocenters. The lowest BCUT2D eigenvalue weighted by atomic mass is 10.1. The smallest absolute Gasteiger partial charge is 0.274 e. The Morgan fingerprint density at radius 2 is 1.62 bits per heavy atom. The van der Waals surface area contributed by atoms with Crippen molar-refractivity contribution in [2.45, 2.75) is 45.2 Å². The normalized spacial score (nSPS) is 11.9. The van der Waals surface area contributed by atoms with Gasteiger partial charge in [0, 0.05) is 25.0 Å². The topological polar surface area (TPSA) is 101 Å². The highest BCUT2D eigenvalue weighted by Crippen LogP contribution is 2.17. The van der Waals surface area contributed by atoms with Gasteiger partial charge in [0.15, 0.2) is 5.69 Å². The number of hydrogen-bond donors (Lipinski definition) is 1. The number of fused-ring (bicyclic) bond motifs is 1. The van der Waals surface area contributed by atoms with Gasteiger partial charge in [-0.05, 0) is 37.6 Å². The van der Waals surface area contributed by atoms with E-state index in [4.69, 9.17) is 0 Å². The van der Waals surface area contributed by atoms with Crippen LogP contribution in [-0.2, 0) is 16.6 Å². The fourth-order valence-electron chi connectivity index (χ4n) is 3.48. The van der Waals surface area contributed by atoms with Gasteiger partial charge >= 0.3 is 0 Å². The molecule has 0 aliphatic heterocycles. The van der Waals surface area contributed by atoms with E-state index in [1.165, 1.54) is 8.99 Å². The first-order valence-corrected chi connectivity index (χ1v) is 12.0. The van der Waals surface area contributed by atoms with Crippen molar-refractivity contribution in [3.8, 4) is 0 Å². The molecule has 32 heavy (non-hydrogen) atoms. The van der Waals surface area contributed by atoms with Gasteiger partial charge in [-0.15, -0.1) is 0 Å². The molecule has 0 fully saturated rings. The van der Waals surface area contributed by atoms with Crippen molar-refractivity contribution in [2.75, 3.05) is 13.1 Å². The van der Waals surface area contributed by atoms with Crippen molar-refractivity contribution < 1.29 is 13.2 Å². The Bertz CT molecular complexity index is 1280. The molecular weight excluding hydrogens is 428 g/mol. The first-order chi connectivity index (χ1) is 15.2. The van der Waals surface area contributed by atoms with Crippen LogP contribution < -0.4 is 10.9 Å². The summed E-state index contributed by atoms with van der Waals surface area (Å²) in [5.41, 5.74) is 0.685. The maximum atomic E-state index is 12.9. The Morgan fingerprint density at radius 3 is 2.19 bits per heavy atom. The van der Waals surface area contributed by atoms with Gasteiger partial charge in [0.2, 0.25) is 10.0 Å². The van der Waals surface area contributed by atoms with E-state index in [0.29, 0.717) is 23.9 Å². The second kappa shape index (κ2) is 9.62. The zero-order valence-corrected chi connectivity index (χ0v) is 19.5. The molecule has 2 aromatic carbocycles. The number of aromatic nitrogens is 2. The molecule has 0 unspecified atom stereocenters. The summed E-state index contributed by atoms with van der Waals surface area (Å²) in [5.74, 6) is -0.407. The van der Waals surface area contributed by atoms with E-state index < -0.39 is 15.9 Å². The van der Waals surface area contributed by atoms with E-state index in [2.05, 4.69) is 10.4 Å². The minimum absolute atomic E-state index is 0.176. The number of carbonyl (C=O) groups excluding carboxylic acids is 1. The molecule has 0 saturated carbocycles. The van der Waals surface area contributed by atoms with Gasteiger partial charge in [-0.25, -0.2) is 13.1 Å². The van der Waals surface area contributed by atoms with Crippen LogP contribution in [0.25, 0.3) is 10.8 Å². The maximum Gasteiger partial charge on any atom is 0.274 e. The van der Waals surface area contributed by atoms with E-state index >= 15 is 0 Å². The molecule has 170 valence electrons. The lowest BCUT2D eigenvalue weighted by Crippen LogP contribution is -2.31. The molecule has 1 heterocycles. The van der Waals surface area contributed by atoms with Crippen LogP contribution >= 0.6 is 0 Å². The summed E-state index contributed by atoms with van der Waals surface area (Å²) in [4.78, 5) is 25.8. The highest BCUT2D eigenvalue weighted by atomic mass is 32.2. The third kappa shape index (κ3) is 4.58. The second-order valence-corrected chi connectivity index (χ2v) is 9.59. The molecular formula is C23H28N4O4S. The van der Waals surface area contributed by atoms with Crippen molar-refractivity contribution in [2.24, 2.45) is 0 Å². The van der Waals surface area contributed by atoms with E-state index in [0.717, 1.165) is 5.56 Å². The van der Waals surface area contributed by atoms with E-state index in [1.807, 2.05) is 13.8 Å². The lowest BCUT2D eigenvalue weighted by molar-refractivity contribution is 0.0945. The second-order valence-electron chi connectivity index (χ2n) is 7.65. The van der Waals surface area contributed by atoms with Gasteiger partial charge in [-0.2, -0.15) is 9.40 Å². The molecule has 3 aromatic rings. The largest absolute Gasteiger partial charge is 0.347 e. The molecule has 0 bridgehead atoms. The van der Waals surface area contributed by atoms with E-state index in [1.54, 1.807) is 62.4 Å². The van der Waals surface area contributed by atoms with E-state index in [9.17, 15) is 18.0 Å². The third-order valence-corrected chi connectivity index (χ3v) is 7.32. The van der Waals surface area contributed by atoms with Gasteiger partial charge in [-0.1, -0.05) is 44.2 Å². The highest BCUT2D eigenvalue weighted by Gasteiger charge is 2.21. The Hall–Kier alpha value is -3.04. The summed E-state index contributed by atoms with van der Waals surface area (Å²) in [7, 11) is -3.53. The maximum absolute atomic E-state index is 12.9. The highest BCUT2D eigenvalue weighted by molar-refractivity contribution is 7.89. The van der Waals surface area contributed by atoms with Crippen LogP contribution in [0.5, 0.6) is 0 Å². The Balaban J connectivity index is 1.83. The predicted molar refractivity (Wildman–Crippen MR) is 124 cm³/mol. The van der Waals surface area contributed by atoms with Crippen molar-refractivity contribution in [3.05, 3.63) is 70.1 Å². The van der Waals surface area contributed by atoms with E-state index in [-0.39, 0.29) is 28.7 Å². The standard InChI is InChI=1S/C23H28N4O4S/c1-5-26(6-2)32(30,31)18-13-11-17(12-14-18)15-24-22(28)21-19-9-7-8-10-20(19)23(29)27(25-21)16(3)4/h7-14,16H,5-6,15H2,1-4H3,(H,24,28). The molecule has 1 aromatic heterocycles. The zero-order chi connectivity index (χ0) is 23.5. The Morgan fingerprint density at radius 1 is 1.03 bits per heavy atom. The molecule has 1 amide bonds. The molecule has 0 spiro atoms. The van der Waals surface area contributed by atoms with Gasteiger partial charge in [-0.3, -0.25) is 9.59 Å². The summed E-state index contributed by atoms with van der Waals surface area (Å²) in [6.45, 7) is 8.25. The number of carbonyl (C=O) groups is 1. The first kappa shape index (κ1) is 23.6. The van der Waals surface area contributed by atoms with Crippen LogP contribution in [0.15, 0.2) is 58.2 Å². The summed E-state index contributed by atoms with van der Waals surface area (Å²) < 4.78 is 27.9. The van der Waals surface area contributed by atoms with Crippen LogP contribution in [0.3, 0.4) is 0 Å². The van der Waals surface area contributed by atoms with Gasteiger partial charge in [0.1, 0.15) is 0 Å². The number of nitrogens with zero attached hydrogens (tertiary/aromatic N) is 3. The van der Waals surface area contributed by atoms with Crippen LogP contribution in [0.4, 0.5) is 0 Å². The van der Waals surface area contributed by atoms with Crippen LogP contribution in [0, 0.1) is 0 Å². The third-order valence-electron chi connectivity index (χ3n) is 5.25. The summed E-state index contributed by atoms with van der Waals surface area (Å²) >= 11 is 0. The van der Waals surface area contributed by atoms with Crippen molar-refractivity contribution >= 4 is 26.7 Å². The van der Waals surface area contributed by atoms with Gasteiger partial charge < -0.3 is 5.32 Å². The number of nitrogens with one attached hydrogen (secondary N) is 1. The van der Waals surface area contributed by atoms with Crippen LogP contribution in [0.1, 0.15) is 49.8 Å². The molecule has 0 aliphatic carbocycles. The molecule has 1 N–H and O–H groups in total. The molecule has 8 nitrogen and oxygen atoms in total. The fraction of sp³-hybridized carbons (Fsp3) is 0.348. The predicted octanol–water partition coefficient (Wildman–Crippen LogP) is 2.94. The van der Waals surface area contributed by atoms with Crippen LogP contribution in [0.2, 0.25) is 0 Å². The zero-order valence-electron chi connectivity index (χ0n) is 18.7. The quantitative estimate of drug-likeness (QED) is 0.562. The monoisotopic (exact) mass is 456 g/mol. The molecule has 0 radical (unpaired) electrons. The average molecular weight is 457 g/mol. The minimum Gasteiger partial charge on any atom is -0.347 e. The van der Waals surface area contributed by atoms with Gasteiger partial charge in [0.05, 0.1) is 16.3 Å². The summed E-state index contributed by atoms with van der Waals surface area (Å²) in [6.07, 6.45) is 0. The number of sulfonamides is 1. The number of amides is 1. The Labute approximate surface area is 187 Å². The van der Waals surface area contributed by atoms with Crippen molar-refractivity contribution in [1.29, 1.82) is 0 Å².